The van der Waals surface area contributed by atoms with E-state index in [1.54, 1.807) is 43.3 Å². The predicted octanol–water partition coefficient (Wildman–Crippen LogP) is 3.83. The monoisotopic (exact) mass is 392 g/mol. The Balaban J connectivity index is 1.94. The minimum atomic E-state index is -3.85. The van der Waals surface area contributed by atoms with Crippen LogP contribution in [0.25, 0.3) is 5.69 Å². The van der Waals surface area contributed by atoms with E-state index < -0.39 is 21.9 Å². The summed E-state index contributed by atoms with van der Waals surface area (Å²) < 4.78 is 45.1. The third-order valence-electron chi connectivity index (χ3n) is 4.29. The van der Waals surface area contributed by atoms with Gasteiger partial charge >= 0.3 is 10.1 Å². The maximum Gasteiger partial charge on any atom is 0.311 e. The number of aryl methyl sites for hydroxylation is 1. The molecule has 1 atom stereocenters. The molecule has 26 heavy (non-hydrogen) atoms. The van der Waals surface area contributed by atoms with Crippen LogP contribution < -0.4 is 4.18 Å². The van der Waals surface area contributed by atoms with Crippen LogP contribution in [0, 0.1) is 12.7 Å². The van der Waals surface area contributed by atoms with E-state index in [1.807, 2.05) is 0 Å². The molecule has 0 N–H and O–H groups in total. The Labute approximate surface area is 155 Å². The molecule has 0 saturated heterocycles. The summed E-state index contributed by atoms with van der Waals surface area (Å²) in [5.41, 5.74) is 2.39. The number of fused-ring (bicyclic) bond motifs is 1. The smallest absolute Gasteiger partial charge is 0.311 e. The zero-order chi connectivity index (χ0) is 18.5. The van der Waals surface area contributed by atoms with Gasteiger partial charge in [0, 0.05) is 16.5 Å². The van der Waals surface area contributed by atoms with Gasteiger partial charge in [0.25, 0.3) is 0 Å². The lowest BCUT2D eigenvalue weighted by Gasteiger charge is -2.24. The summed E-state index contributed by atoms with van der Waals surface area (Å²) >= 11 is 6.04. The molecule has 0 fully saturated rings. The van der Waals surface area contributed by atoms with Gasteiger partial charge in [-0.05, 0) is 42.8 Å². The van der Waals surface area contributed by atoms with Crippen molar-refractivity contribution in [3.63, 3.8) is 0 Å². The minimum absolute atomic E-state index is 0.116. The molecule has 1 aromatic heterocycles. The van der Waals surface area contributed by atoms with Crippen molar-refractivity contribution >= 4 is 21.7 Å². The second-order valence-corrected chi connectivity index (χ2v) is 8.16. The van der Waals surface area contributed by atoms with Gasteiger partial charge in [-0.25, -0.2) is 4.39 Å². The quantitative estimate of drug-likeness (QED) is 0.622. The summed E-state index contributed by atoms with van der Waals surface area (Å²) in [5.74, 6) is -1.14. The van der Waals surface area contributed by atoms with Crippen molar-refractivity contribution < 1.29 is 17.0 Å². The molecule has 0 spiro atoms. The van der Waals surface area contributed by atoms with Crippen molar-refractivity contribution in [2.24, 2.45) is 0 Å². The number of halogens is 2. The number of hydrogen-bond acceptors (Lipinski definition) is 4. The number of nitrogens with zero attached hydrogens (tertiary/aromatic N) is 2. The molecule has 2 heterocycles. The second-order valence-electron chi connectivity index (χ2n) is 6.11. The van der Waals surface area contributed by atoms with Crippen molar-refractivity contribution in [2.75, 3.05) is 5.75 Å². The van der Waals surface area contributed by atoms with Gasteiger partial charge in [-0.1, -0.05) is 29.8 Å². The SMILES string of the molecule is Cc1nn(-c2cccc(Cl)c2)c2c1C(c1cccc(F)c1)CS(=O)(=O)O2. The first-order valence-electron chi connectivity index (χ1n) is 7.87. The molecule has 0 saturated carbocycles. The molecule has 0 bridgehead atoms. The Bertz CT molecular complexity index is 1110. The van der Waals surface area contributed by atoms with Gasteiger partial charge < -0.3 is 4.18 Å². The van der Waals surface area contributed by atoms with Gasteiger partial charge in [0.15, 0.2) is 0 Å². The highest BCUT2D eigenvalue weighted by molar-refractivity contribution is 7.87. The van der Waals surface area contributed by atoms with E-state index in [1.165, 1.54) is 16.8 Å². The van der Waals surface area contributed by atoms with Gasteiger partial charge in [-0.15, -0.1) is 0 Å². The number of aromatic nitrogens is 2. The van der Waals surface area contributed by atoms with Crippen LogP contribution >= 0.6 is 11.6 Å². The van der Waals surface area contributed by atoms with Gasteiger partial charge in [-0.2, -0.15) is 18.2 Å². The first kappa shape index (κ1) is 17.1. The van der Waals surface area contributed by atoms with Crippen LogP contribution in [0.3, 0.4) is 0 Å². The van der Waals surface area contributed by atoms with Crippen molar-refractivity contribution in [3.05, 3.63) is 76.2 Å². The molecular weight excluding hydrogens is 379 g/mol. The standard InChI is InChI=1S/C18H14ClFN2O3S/c1-11-17-16(12-4-2-6-14(20)8-12)10-26(23,24)25-18(17)22(21-11)15-7-3-5-13(19)9-15/h2-9,16H,10H2,1H3. The Kier molecular flexibility index (Phi) is 4.00. The number of hydrogen-bond donors (Lipinski definition) is 0. The van der Waals surface area contributed by atoms with Crippen LogP contribution in [-0.4, -0.2) is 24.0 Å². The molecular formula is C18H14ClFN2O3S. The predicted molar refractivity (Wildman–Crippen MR) is 96.0 cm³/mol. The lowest BCUT2D eigenvalue weighted by atomic mass is 9.93. The maximum atomic E-state index is 13.7. The van der Waals surface area contributed by atoms with E-state index in [4.69, 9.17) is 15.8 Å². The summed E-state index contributed by atoms with van der Waals surface area (Å²) in [4.78, 5) is 0. The Morgan fingerprint density at radius 1 is 1.23 bits per heavy atom. The number of benzene rings is 2. The van der Waals surface area contributed by atoms with Gasteiger partial charge in [0.1, 0.15) is 5.82 Å². The summed E-state index contributed by atoms with van der Waals surface area (Å²) in [6.07, 6.45) is 0. The second kappa shape index (κ2) is 6.10. The fourth-order valence-corrected chi connectivity index (χ4v) is 4.63. The third-order valence-corrected chi connectivity index (χ3v) is 5.68. The van der Waals surface area contributed by atoms with Crippen LogP contribution in [0.2, 0.25) is 5.02 Å². The summed E-state index contributed by atoms with van der Waals surface area (Å²) in [6, 6.07) is 12.8. The van der Waals surface area contributed by atoms with E-state index in [0.717, 1.165) is 0 Å². The van der Waals surface area contributed by atoms with E-state index in [2.05, 4.69) is 5.10 Å². The van der Waals surface area contributed by atoms with Crippen molar-refractivity contribution in [2.45, 2.75) is 12.8 Å². The average Bonchev–Trinajstić information content (AvgIpc) is 2.89. The molecule has 0 radical (unpaired) electrons. The van der Waals surface area contributed by atoms with Crippen molar-refractivity contribution in [3.8, 4) is 11.6 Å². The molecule has 5 nitrogen and oxygen atoms in total. The van der Waals surface area contributed by atoms with E-state index in [0.29, 0.717) is 27.5 Å². The maximum absolute atomic E-state index is 13.7. The molecule has 0 aliphatic carbocycles. The zero-order valence-corrected chi connectivity index (χ0v) is 15.3. The van der Waals surface area contributed by atoms with Crippen LogP contribution in [-0.2, 0) is 10.1 Å². The van der Waals surface area contributed by atoms with Crippen molar-refractivity contribution in [1.82, 2.24) is 9.78 Å². The molecule has 1 unspecified atom stereocenters. The lowest BCUT2D eigenvalue weighted by Crippen LogP contribution is -2.27. The highest BCUT2D eigenvalue weighted by Gasteiger charge is 2.38. The molecule has 0 amide bonds. The average molecular weight is 393 g/mol. The third kappa shape index (κ3) is 2.97. The largest absolute Gasteiger partial charge is 0.361 e. The highest BCUT2D eigenvalue weighted by atomic mass is 35.5. The Hall–Kier alpha value is -2.38. The fraction of sp³-hybridized carbons (Fsp3) is 0.167. The fourth-order valence-electron chi connectivity index (χ4n) is 3.21. The van der Waals surface area contributed by atoms with Crippen LogP contribution in [0.15, 0.2) is 48.5 Å². The normalized spacial score (nSPS) is 18.2. The molecule has 4 rings (SSSR count). The first-order valence-corrected chi connectivity index (χ1v) is 9.83. The lowest BCUT2D eigenvalue weighted by molar-refractivity contribution is 0.446. The number of rotatable bonds is 2. The Morgan fingerprint density at radius 3 is 2.73 bits per heavy atom. The Morgan fingerprint density at radius 2 is 2.00 bits per heavy atom. The van der Waals surface area contributed by atoms with Crippen LogP contribution in [0.4, 0.5) is 4.39 Å². The zero-order valence-electron chi connectivity index (χ0n) is 13.7. The van der Waals surface area contributed by atoms with E-state index in [-0.39, 0.29) is 11.6 Å². The molecule has 1 aliphatic heterocycles. The summed E-state index contributed by atoms with van der Waals surface area (Å²) in [7, 11) is -3.85. The molecule has 2 aromatic carbocycles. The summed E-state index contributed by atoms with van der Waals surface area (Å²) in [6.45, 7) is 1.77. The summed E-state index contributed by atoms with van der Waals surface area (Å²) in [5, 5.41) is 4.93. The minimum Gasteiger partial charge on any atom is -0.361 e. The molecule has 134 valence electrons. The van der Waals surface area contributed by atoms with Crippen LogP contribution in [0.1, 0.15) is 22.7 Å². The van der Waals surface area contributed by atoms with Gasteiger partial charge in [0.05, 0.1) is 17.1 Å². The van der Waals surface area contributed by atoms with E-state index >= 15 is 0 Å². The molecule has 3 aromatic rings. The van der Waals surface area contributed by atoms with Crippen molar-refractivity contribution in [1.29, 1.82) is 0 Å². The highest BCUT2D eigenvalue weighted by Crippen LogP contribution is 2.41. The van der Waals surface area contributed by atoms with Crippen LogP contribution in [0.5, 0.6) is 5.88 Å². The molecule has 1 aliphatic rings. The topological polar surface area (TPSA) is 61.2 Å². The van der Waals surface area contributed by atoms with E-state index in [9.17, 15) is 12.8 Å². The molecule has 8 heteroatoms. The first-order chi connectivity index (χ1) is 12.3. The van der Waals surface area contributed by atoms with Gasteiger partial charge in [-0.3, -0.25) is 0 Å². The van der Waals surface area contributed by atoms with Gasteiger partial charge in [0.2, 0.25) is 5.88 Å².